The van der Waals surface area contributed by atoms with Gasteiger partial charge in [-0.3, -0.25) is 4.79 Å². The minimum atomic E-state index is -0.124. The number of benzene rings is 1. The molecule has 1 aromatic carbocycles. The highest BCUT2D eigenvalue weighted by atomic mass is 16.5. The molecule has 0 unspecified atom stereocenters. The normalized spacial score (nSPS) is 13.8. The van der Waals surface area contributed by atoms with Gasteiger partial charge in [0.15, 0.2) is 6.73 Å². The van der Waals surface area contributed by atoms with Gasteiger partial charge in [0.2, 0.25) is 0 Å². The summed E-state index contributed by atoms with van der Waals surface area (Å²) in [5.41, 5.74) is 0.417. The van der Waals surface area contributed by atoms with Crippen LogP contribution in [0.3, 0.4) is 0 Å². The molecule has 1 N–H and O–H groups in total. The van der Waals surface area contributed by atoms with Gasteiger partial charge in [0.25, 0.3) is 5.91 Å². The highest BCUT2D eigenvalue weighted by Gasteiger charge is 2.24. The Morgan fingerprint density at radius 1 is 1.29 bits per heavy atom. The van der Waals surface area contributed by atoms with Crippen molar-refractivity contribution >= 4 is 5.91 Å². The van der Waals surface area contributed by atoms with Crippen molar-refractivity contribution < 1.29 is 14.3 Å². The quantitative estimate of drug-likeness (QED) is 0.880. The SMILES string of the molecule is COc1ccc(OCn2ccc(C(=O)NC3CC3)n2)cc1. The number of carbonyl (C=O) groups excluding carboxylic acids is 1. The minimum Gasteiger partial charge on any atom is -0.497 e. The monoisotopic (exact) mass is 287 g/mol. The fraction of sp³-hybridized carbons (Fsp3) is 0.333. The van der Waals surface area contributed by atoms with Crippen LogP contribution in [-0.2, 0) is 6.73 Å². The predicted octanol–water partition coefficient (Wildman–Crippen LogP) is 1.82. The van der Waals surface area contributed by atoms with Crippen LogP contribution in [0.2, 0.25) is 0 Å². The topological polar surface area (TPSA) is 65.4 Å². The average Bonchev–Trinajstić information content (AvgIpc) is 3.19. The van der Waals surface area contributed by atoms with Crippen LogP contribution >= 0.6 is 0 Å². The molecule has 1 saturated carbocycles. The number of hydrogen-bond acceptors (Lipinski definition) is 4. The molecule has 1 aliphatic carbocycles. The summed E-state index contributed by atoms with van der Waals surface area (Å²) in [5, 5.41) is 7.10. The van der Waals surface area contributed by atoms with E-state index in [0.717, 1.165) is 24.3 Å². The van der Waals surface area contributed by atoms with Gasteiger partial charge in [-0.25, -0.2) is 4.68 Å². The summed E-state index contributed by atoms with van der Waals surface area (Å²) in [6, 6.07) is 9.32. The van der Waals surface area contributed by atoms with Crippen LogP contribution in [0, 0.1) is 0 Å². The van der Waals surface area contributed by atoms with E-state index < -0.39 is 0 Å². The maximum absolute atomic E-state index is 11.8. The Morgan fingerprint density at radius 2 is 2.00 bits per heavy atom. The first-order chi connectivity index (χ1) is 10.2. The third-order valence-electron chi connectivity index (χ3n) is 3.21. The molecule has 6 nitrogen and oxygen atoms in total. The largest absolute Gasteiger partial charge is 0.497 e. The predicted molar refractivity (Wildman–Crippen MR) is 76.3 cm³/mol. The van der Waals surface area contributed by atoms with Crippen molar-refractivity contribution in [2.24, 2.45) is 0 Å². The molecule has 1 fully saturated rings. The second-order valence-electron chi connectivity index (χ2n) is 4.94. The van der Waals surface area contributed by atoms with Gasteiger partial charge in [0, 0.05) is 12.2 Å². The van der Waals surface area contributed by atoms with Crippen molar-refractivity contribution in [1.82, 2.24) is 15.1 Å². The molecule has 3 rings (SSSR count). The standard InChI is InChI=1S/C15H17N3O3/c1-20-12-4-6-13(7-5-12)21-10-18-9-8-14(17-18)15(19)16-11-2-3-11/h4-9,11H,2-3,10H2,1H3,(H,16,19). The zero-order valence-electron chi connectivity index (χ0n) is 11.8. The van der Waals surface area contributed by atoms with E-state index in [1.54, 1.807) is 24.1 Å². The Labute approximate surface area is 122 Å². The number of methoxy groups -OCH3 is 1. The van der Waals surface area contributed by atoms with Crippen molar-refractivity contribution in [1.29, 1.82) is 0 Å². The van der Waals surface area contributed by atoms with E-state index in [-0.39, 0.29) is 12.6 Å². The summed E-state index contributed by atoms with van der Waals surface area (Å²) in [7, 11) is 1.62. The third-order valence-corrected chi connectivity index (χ3v) is 3.21. The average molecular weight is 287 g/mol. The van der Waals surface area contributed by atoms with Gasteiger partial charge >= 0.3 is 0 Å². The molecule has 1 aliphatic rings. The first-order valence-electron chi connectivity index (χ1n) is 6.86. The van der Waals surface area contributed by atoms with Crippen molar-refractivity contribution in [3.63, 3.8) is 0 Å². The number of ether oxygens (including phenoxy) is 2. The van der Waals surface area contributed by atoms with Crippen LogP contribution in [0.5, 0.6) is 11.5 Å². The number of rotatable bonds is 6. The molecule has 1 aromatic heterocycles. The highest BCUT2D eigenvalue weighted by molar-refractivity contribution is 5.92. The second-order valence-corrected chi connectivity index (χ2v) is 4.94. The van der Waals surface area contributed by atoms with Crippen molar-refractivity contribution in [3.8, 4) is 11.5 Å². The van der Waals surface area contributed by atoms with Crippen molar-refractivity contribution in [3.05, 3.63) is 42.2 Å². The molecule has 0 spiro atoms. The third kappa shape index (κ3) is 3.53. The lowest BCUT2D eigenvalue weighted by Gasteiger charge is -2.07. The number of aromatic nitrogens is 2. The van der Waals surface area contributed by atoms with Gasteiger partial charge in [-0.1, -0.05) is 0 Å². The molecule has 0 saturated heterocycles. The van der Waals surface area contributed by atoms with Gasteiger partial charge in [-0.15, -0.1) is 0 Å². The van der Waals surface area contributed by atoms with E-state index in [4.69, 9.17) is 9.47 Å². The molecule has 110 valence electrons. The fourth-order valence-electron chi connectivity index (χ4n) is 1.85. The van der Waals surface area contributed by atoms with Gasteiger partial charge in [-0.2, -0.15) is 5.10 Å². The fourth-order valence-corrected chi connectivity index (χ4v) is 1.85. The van der Waals surface area contributed by atoms with Gasteiger partial charge in [0.1, 0.15) is 17.2 Å². The van der Waals surface area contributed by atoms with E-state index in [2.05, 4.69) is 10.4 Å². The van der Waals surface area contributed by atoms with E-state index in [1.807, 2.05) is 24.3 Å². The van der Waals surface area contributed by atoms with Crippen LogP contribution in [0.1, 0.15) is 23.3 Å². The zero-order chi connectivity index (χ0) is 14.7. The van der Waals surface area contributed by atoms with E-state index in [1.165, 1.54) is 0 Å². The molecule has 0 aliphatic heterocycles. The zero-order valence-corrected chi connectivity index (χ0v) is 11.8. The maximum atomic E-state index is 11.8. The minimum absolute atomic E-state index is 0.124. The van der Waals surface area contributed by atoms with Crippen LogP contribution in [0.4, 0.5) is 0 Å². The highest BCUT2D eigenvalue weighted by Crippen LogP contribution is 2.19. The lowest BCUT2D eigenvalue weighted by atomic mass is 10.3. The van der Waals surface area contributed by atoms with Crippen LogP contribution < -0.4 is 14.8 Å². The van der Waals surface area contributed by atoms with Crippen LogP contribution in [-0.4, -0.2) is 28.8 Å². The Bertz CT molecular complexity index is 617. The first-order valence-corrected chi connectivity index (χ1v) is 6.86. The summed E-state index contributed by atoms with van der Waals surface area (Å²) in [5.74, 6) is 1.37. The molecule has 0 atom stereocenters. The van der Waals surface area contributed by atoms with Crippen LogP contribution in [0.25, 0.3) is 0 Å². The lowest BCUT2D eigenvalue weighted by molar-refractivity contribution is 0.0944. The summed E-state index contributed by atoms with van der Waals surface area (Å²) < 4.78 is 12.3. The number of amides is 1. The van der Waals surface area contributed by atoms with E-state index in [0.29, 0.717) is 11.7 Å². The van der Waals surface area contributed by atoms with Crippen molar-refractivity contribution in [2.75, 3.05) is 7.11 Å². The Morgan fingerprint density at radius 3 is 2.67 bits per heavy atom. The summed E-state index contributed by atoms with van der Waals surface area (Å²) >= 11 is 0. The number of hydrogen-bond donors (Lipinski definition) is 1. The Hall–Kier alpha value is -2.50. The Balaban J connectivity index is 1.54. The molecule has 1 heterocycles. The summed E-state index contributed by atoms with van der Waals surface area (Å²) in [6.45, 7) is 0.253. The second kappa shape index (κ2) is 5.87. The summed E-state index contributed by atoms with van der Waals surface area (Å²) in [6.07, 6.45) is 3.85. The maximum Gasteiger partial charge on any atom is 0.271 e. The molecule has 0 radical (unpaired) electrons. The van der Waals surface area contributed by atoms with Crippen molar-refractivity contribution in [2.45, 2.75) is 25.6 Å². The van der Waals surface area contributed by atoms with Gasteiger partial charge < -0.3 is 14.8 Å². The molecule has 1 amide bonds. The van der Waals surface area contributed by atoms with E-state index >= 15 is 0 Å². The van der Waals surface area contributed by atoms with Crippen LogP contribution in [0.15, 0.2) is 36.5 Å². The summed E-state index contributed by atoms with van der Waals surface area (Å²) in [4.78, 5) is 11.8. The lowest BCUT2D eigenvalue weighted by Crippen LogP contribution is -2.26. The van der Waals surface area contributed by atoms with E-state index in [9.17, 15) is 4.79 Å². The molecular formula is C15H17N3O3. The number of nitrogens with one attached hydrogen (secondary N) is 1. The molecule has 0 bridgehead atoms. The molecule has 6 heteroatoms. The Kier molecular flexibility index (Phi) is 3.77. The first kappa shape index (κ1) is 13.5. The van der Waals surface area contributed by atoms with Gasteiger partial charge in [-0.05, 0) is 43.2 Å². The molecule has 21 heavy (non-hydrogen) atoms. The molecule has 2 aromatic rings. The van der Waals surface area contributed by atoms with Gasteiger partial charge in [0.05, 0.1) is 7.11 Å². The smallest absolute Gasteiger partial charge is 0.271 e. The molecular weight excluding hydrogens is 270 g/mol. The number of carbonyl (C=O) groups is 1. The number of nitrogens with zero attached hydrogens (tertiary/aromatic N) is 2.